The standard InChI is InChI=1S/C16H26N2O2/c1-3-12-5-8-16(11-17,9-6-12)18-15(19)13-7-10-20-14(13)4-2/h12-14H,3-10H2,1-2H3,(H,18,19). The Morgan fingerprint density at radius 2 is 2.00 bits per heavy atom. The molecule has 1 saturated heterocycles. The Morgan fingerprint density at radius 1 is 1.30 bits per heavy atom. The third kappa shape index (κ3) is 3.15. The maximum absolute atomic E-state index is 12.5. The Balaban J connectivity index is 1.97. The number of rotatable bonds is 4. The molecule has 1 heterocycles. The van der Waals surface area contributed by atoms with Crippen molar-refractivity contribution in [2.24, 2.45) is 11.8 Å². The van der Waals surface area contributed by atoms with Crippen molar-refractivity contribution in [2.75, 3.05) is 6.61 Å². The van der Waals surface area contributed by atoms with Crippen molar-refractivity contribution < 1.29 is 9.53 Å². The summed E-state index contributed by atoms with van der Waals surface area (Å²) in [7, 11) is 0. The zero-order valence-electron chi connectivity index (χ0n) is 12.7. The molecule has 0 spiro atoms. The van der Waals surface area contributed by atoms with Crippen LogP contribution in [0.1, 0.15) is 58.8 Å². The van der Waals surface area contributed by atoms with E-state index in [1.807, 2.05) is 6.92 Å². The third-order valence-electron chi connectivity index (χ3n) is 5.06. The van der Waals surface area contributed by atoms with Crippen LogP contribution in [-0.4, -0.2) is 24.2 Å². The summed E-state index contributed by atoms with van der Waals surface area (Å²) in [4.78, 5) is 12.5. The van der Waals surface area contributed by atoms with Gasteiger partial charge in [-0.1, -0.05) is 20.3 Å². The van der Waals surface area contributed by atoms with E-state index >= 15 is 0 Å². The molecule has 20 heavy (non-hydrogen) atoms. The summed E-state index contributed by atoms with van der Waals surface area (Å²) in [6.45, 7) is 4.90. The van der Waals surface area contributed by atoms with Crippen molar-refractivity contribution in [1.29, 1.82) is 5.26 Å². The van der Waals surface area contributed by atoms with Gasteiger partial charge >= 0.3 is 0 Å². The summed E-state index contributed by atoms with van der Waals surface area (Å²) >= 11 is 0. The first-order valence-electron chi connectivity index (χ1n) is 7.99. The molecule has 0 aromatic heterocycles. The quantitative estimate of drug-likeness (QED) is 0.860. The number of nitriles is 1. The number of nitrogens with zero attached hydrogens (tertiary/aromatic N) is 1. The second-order valence-corrected chi connectivity index (χ2v) is 6.25. The highest BCUT2D eigenvalue weighted by Gasteiger charge is 2.40. The molecule has 1 aliphatic carbocycles. The molecule has 2 rings (SSSR count). The van der Waals surface area contributed by atoms with Gasteiger partial charge in [0.2, 0.25) is 5.91 Å². The number of hydrogen-bond donors (Lipinski definition) is 1. The lowest BCUT2D eigenvalue weighted by Crippen LogP contribution is -2.52. The predicted molar refractivity (Wildman–Crippen MR) is 76.9 cm³/mol. The van der Waals surface area contributed by atoms with Crippen molar-refractivity contribution in [3.8, 4) is 6.07 Å². The van der Waals surface area contributed by atoms with Crippen LogP contribution in [0.5, 0.6) is 0 Å². The van der Waals surface area contributed by atoms with Gasteiger partial charge in [-0.05, 0) is 44.4 Å². The topological polar surface area (TPSA) is 62.1 Å². The molecule has 0 aromatic carbocycles. The molecular weight excluding hydrogens is 252 g/mol. The highest BCUT2D eigenvalue weighted by molar-refractivity contribution is 5.80. The van der Waals surface area contributed by atoms with Gasteiger partial charge < -0.3 is 10.1 Å². The first-order chi connectivity index (χ1) is 9.64. The van der Waals surface area contributed by atoms with Crippen molar-refractivity contribution >= 4 is 5.91 Å². The fraction of sp³-hybridized carbons (Fsp3) is 0.875. The zero-order chi connectivity index (χ0) is 14.6. The van der Waals surface area contributed by atoms with Crippen molar-refractivity contribution in [1.82, 2.24) is 5.32 Å². The van der Waals surface area contributed by atoms with Crippen LogP contribution in [0.15, 0.2) is 0 Å². The van der Waals surface area contributed by atoms with Gasteiger partial charge in [0, 0.05) is 6.61 Å². The first-order valence-corrected chi connectivity index (χ1v) is 7.99. The second-order valence-electron chi connectivity index (χ2n) is 6.25. The molecule has 4 nitrogen and oxygen atoms in total. The summed E-state index contributed by atoms with van der Waals surface area (Å²) in [6, 6.07) is 2.38. The van der Waals surface area contributed by atoms with Gasteiger partial charge in [-0.3, -0.25) is 4.79 Å². The van der Waals surface area contributed by atoms with Crippen LogP contribution in [-0.2, 0) is 9.53 Å². The minimum atomic E-state index is -0.635. The van der Waals surface area contributed by atoms with Crippen LogP contribution in [0.25, 0.3) is 0 Å². The Bertz CT molecular complexity index is 380. The zero-order valence-corrected chi connectivity index (χ0v) is 12.7. The van der Waals surface area contributed by atoms with Gasteiger partial charge in [-0.25, -0.2) is 0 Å². The predicted octanol–water partition coefficient (Wildman–Crippen LogP) is 2.78. The van der Waals surface area contributed by atoms with Crippen LogP contribution in [0.2, 0.25) is 0 Å². The van der Waals surface area contributed by atoms with Crippen molar-refractivity contribution in [3.63, 3.8) is 0 Å². The van der Waals surface area contributed by atoms with E-state index in [1.54, 1.807) is 0 Å². The minimum Gasteiger partial charge on any atom is -0.377 e. The molecule has 2 fully saturated rings. The van der Waals surface area contributed by atoms with Crippen LogP contribution in [0.4, 0.5) is 0 Å². The largest absolute Gasteiger partial charge is 0.377 e. The molecule has 1 saturated carbocycles. The fourth-order valence-corrected chi connectivity index (χ4v) is 3.52. The summed E-state index contributed by atoms with van der Waals surface area (Å²) in [5.41, 5.74) is -0.635. The summed E-state index contributed by atoms with van der Waals surface area (Å²) in [5.74, 6) is 0.659. The van der Waals surface area contributed by atoms with Gasteiger partial charge in [0.15, 0.2) is 0 Å². The SMILES string of the molecule is CCC1CCC(C#N)(NC(=O)C2CCOC2CC)CC1. The van der Waals surface area contributed by atoms with Crippen molar-refractivity contribution in [3.05, 3.63) is 0 Å². The van der Waals surface area contributed by atoms with E-state index in [0.717, 1.165) is 38.5 Å². The lowest BCUT2D eigenvalue weighted by Gasteiger charge is -2.36. The molecule has 4 heteroatoms. The van der Waals surface area contributed by atoms with Crippen LogP contribution in [0, 0.1) is 23.2 Å². The molecule has 2 aliphatic rings. The average molecular weight is 278 g/mol. The number of carbonyl (C=O) groups is 1. The minimum absolute atomic E-state index is 0.0193. The number of nitrogens with one attached hydrogen (secondary N) is 1. The molecule has 0 radical (unpaired) electrons. The number of hydrogen-bond acceptors (Lipinski definition) is 3. The van der Waals surface area contributed by atoms with Gasteiger partial charge in [0.1, 0.15) is 5.54 Å². The Labute approximate surface area is 121 Å². The van der Waals surface area contributed by atoms with E-state index in [0.29, 0.717) is 12.5 Å². The Kier molecular flexibility index (Phi) is 5.04. The molecule has 112 valence electrons. The molecule has 1 amide bonds. The molecule has 0 bridgehead atoms. The maximum atomic E-state index is 12.5. The maximum Gasteiger partial charge on any atom is 0.227 e. The van der Waals surface area contributed by atoms with Gasteiger partial charge in [0.25, 0.3) is 0 Å². The monoisotopic (exact) mass is 278 g/mol. The Hall–Kier alpha value is -1.08. The molecule has 2 unspecified atom stereocenters. The van der Waals surface area contributed by atoms with Gasteiger partial charge in [0.05, 0.1) is 18.1 Å². The summed E-state index contributed by atoms with van der Waals surface area (Å²) < 4.78 is 5.58. The van der Waals surface area contributed by atoms with Crippen molar-refractivity contribution in [2.45, 2.75) is 70.4 Å². The van der Waals surface area contributed by atoms with Crippen LogP contribution >= 0.6 is 0 Å². The first kappa shape index (κ1) is 15.3. The van der Waals surface area contributed by atoms with Gasteiger partial charge in [-0.2, -0.15) is 5.26 Å². The van der Waals surface area contributed by atoms with E-state index in [1.165, 1.54) is 6.42 Å². The molecule has 1 N–H and O–H groups in total. The van der Waals surface area contributed by atoms with E-state index in [2.05, 4.69) is 18.3 Å². The fourth-order valence-electron chi connectivity index (χ4n) is 3.52. The van der Waals surface area contributed by atoms with E-state index in [-0.39, 0.29) is 17.9 Å². The average Bonchev–Trinajstić information content (AvgIpc) is 2.96. The van der Waals surface area contributed by atoms with Gasteiger partial charge in [-0.15, -0.1) is 0 Å². The highest BCUT2D eigenvalue weighted by Crippen LogP contribution is 2.34. The second kappa shape index (κ2) is 6.58. The Morgan fingerprint density at radius 3 is 2.55 bits per heavy atom. The normalized spacial score (nSPS) is 37.4. The lowest BCUT2D eigenvalue weighted by atomic mass is 9.76. The van der Waals surface area contributed by atoms with Crippen LogP contribution in [0.3, 0.4) is 0 Å². The highest BCUT2D eigenvalue weighted by atomic mass is 16.5. The lowest BCUT2D eigenvalue weighted by molar-refractivity contribution is -0.128. The molecule has 0 aromatic rings. The number of amides is 1. The number of ether oxygens (including phenoxy) is 1. The third-order valence-corrected chi connectivity index (χ3v) is 5.06. The number of carbonyl (C=O) groups excluding carboxylic acids is 1. The summed E-state index contributed by atoms with van der Waals surface area (Å²) in [5, 5.41) is 12.6. The van der Waals surface area contributed by atoms with E-state index < -0.39 is 5.54 Å². The van der Waals surface area contributed by atoms with Crippen LogP contribution < -0.4 is 5.32 Å². The van der Waals surface area contributed by atoms with E-state index in [9.17, 15) is 10.1 Å². The smallest absolute Gasteiger partial charge is 0.227 e. The molecular formula is C16H26N2O2. The molecule has 1 aliphatic heterocycles. The summed E-state index contributed by atoms with van der Waals surface area (Å²) in [6.07, 6.45) is 6.50. The molecule has 2 atom stereocenters. The van der Waals surface area contributed by atoms with E-state index in [4.69, 9.17) is 4.74 Å².